The van der Waals surface area contributed by atoms with Crippen LogP contribution in [0.4, 0.5) is 0 Å². The lowest BCUT2D eigenvalue weighted by Crippen LogP contribution is -2.49. The van der Waals surface area contributed by atoms with Crippen molar-refractivity contribution < 1.29 is 22.8 Å². The van der Waals surface area contributed by atoms with Gasteiger partial charge in [-0.25, -0.2) is 0 Å². The molecule has 0 radical (unpaired) electrons. The average molecular weight is 451 g/mol. The summed E-state index contributed by atoms with van der Waals surface area (Å²) in [6.45, 7) is 14.7. The predicted octanol–water partition coefficient (Wildman–Crippen LogP) is 5.42. The monoisotopic (exact) mass is 450 g/mol. The van der Waals surface area contributed by atoms with Crippen molar-refractivity contribution in [3.8, 4) is 0 Å². The van der Waals surface area contributed by atoms with E-state index in [4.69, 9.17) is 22.8 Å². The first-order valence-electron chi connectivity index (χ1n) is 12.3. The van der Waals surface area contributed by atoms with Crippen molar-refractivity contribution in [2.45, 2.75) is 110 Å². The standard InChI is InChI=1S/C22H50O5Si2/c1-6-11-16-23-22(24-17-12-7-2)28-21-29(25-18-13-8-3,26-19-14-9-4)27-20-15-10-5/h22H,6-21,28H2,1-5H3. The maximum atomic E-state index is 6.38. The molecular formula is C22H50O5Si2. The Morgan fingerprint density at radius 1 is 0.552 bits per heavy atom. The highest BCUT2D eigenvalue weighted by Gasteiger charge is 2.41. The molecule has 0 atom stereocenters. The first-order valence-corrected chi connectivity index (χ1v) is 16.1. The maximum Gasteiger partial charge on any atom is 0.497 e. The molecule has 0 heterocycles. The summed E-state index contributed by atoms with van der Waals surface area (Å²) in [5.74, 6) is -0.0562. The highest BCUT2D eigenvalue weighted by Crippen LogP contribution is 2.19. The van der Waals surface area contributed by atoms with Crippen LogP contribution in [-0.4, -0.2) is 57.3 Å². The van der Waals surface area contributed by atoms with Gasteiger partial charge in [-0.2, -0.15) is 0 Å². The van der Waals surface area contributed by atoms with Crippen molar-refractivity contribution in [3.05, 3.63) is 0 Å². The second kappa shape index (κ2) is 21.5. The van der Waals surface area contributed by atoms with Gasteiger partial charge in [0.2, 0.25) is 0 Å². The van der Waals surface area contributed by atoms with E-state index < -0.39 is 18.3 Å². The fourth-order valence-corrected chi connectivity index (χ4v) is 9.06. The Kier molecular flexibility index (Phi) is 21.6. The molecule has 0 rings (SSSR count). The molecule has 176 valence electrons. The molecule has 29 heavy (non-hydrogen) atoms. The van der Waals surface area contributed by atoms with Gasteiger partial charge in [0.05, 0.1) is 9.52 Å². The Bertz CT molecular complexity index is 298. The fourth-order valence-electron chi connectivity index (χ4n) is 2.69. The molecule has 0 amide bonds. The van der Waals surface area contributed by atoms with Crippen molar-refractivity contribution in [2.75, 3.05) is 33.0 Å². The lowest BCUT2D eigenvalue weighted by molar-refractivity contribution is -0.0922. The van der Waals surface area contributed by atoms with Crippen molar-refractivity contribution in [1.29, 1.82) is 0 Å². The molecule has 0 saturated carbocycles. The summed E-state index contributed by atoms with van der Waals surface area (Å²) in [5.41, 5.74) is 0.896. The SMILES string of the molecule is CCCCOC(OCCCC)[SiH2]C[Si](OCCCC)(OCCCC)OCCCC. The Labute approximate surface area is 184 Å². The minimum Gasteiger partial charge on any atom is -0.374 e. The van der Waals surface area contributed by atoms with E-state index in [1.807, 2.05) is 0 Å². The molecule has 0 spiro atoms. The molecule has 0 bridgehead atoms. The first kappa shape index (κ1) is 29.2. The van der Waals surface area contributed by atoms with Gasteiger partial charge >= 0.3 is 8.80 Å². The molecule has 0 fully saturated rings. The van der Waals surface area contributed by atoms with Gasteiger partial charge in [-0.1, -0.05) is 66.7 Å². The van der Waals surface area contributed by atoms with E-state index >= 15 is 0 Å². The van der Waals surface area contributed by atoms with Gasteiger partial charge in [-0.05, 0) is 32.1 Å². The van der Waals surface area contributed by atoms with Crippen LogP contribution in [0.1, 0.15) is 98.8 Å². The Balaban J connectivity index is 5.00. The predicted molar refractivity (Wildman–Crippen MR) is 127 cm³/mol. The van der Waals surface area contributed by atoms with Crippen LogP contribution in [0.2, 0.25) is 5.67 Å². The molecule has 0 aliphatic rings. The summed E-state index contributed by atoms with van der Waals surface area (Å²) < 4.78 is 31.3. The first-order chi connectivity index (χ1) is 14.2. The molecule has 0 aromatic carbocycles. The highest BCUT2D eigenvalue weighted by molar-refractivity contribution is 6.71. The van der Waals surface area contributed by atoms with Crippen LogP contribution < -0.4 is 0 Å². The lowest BCUT2D eigenvalue weighted by Gasteiger charge is -2.31. The molecule has 0 saturated heterocycles. The van der Waals surface area contributed by atoms with Crippen LogP contribution in [-0.2, 0) is 22.8 Å². The Hall–Kier alpha value is 0.234. The lowest BCUT2D eigenvalue weighted by atomic mass is 10.4. The van der Waals surface area contributed by atoms with E-state index in [1.165, 1.54) is 0 Å². The van der Waals surface area contributed by atoms with E-state index in [9.17, 15) is 0 Å². The second-order valence-electron chi connectivity index (χ2n) is 7.71. The second-order valence-corrected chi connectivity index (χ2v) is 13.2. The molecule has 0 aliphatic heterocycles. The van der Waals surface area contributed by atoms with Crippen LogP contribution in [0.5, 0.6) is 0 Å². The van der Waals surface area contributed by atoms with Crippen molar-refractivity contribution in [2.24, 2.45) is 0 Å². The summed E-state index contributed by atoms with van der Waals surface area (Å²) in [6.07, 6.45) is 11.0. The molecule has 0 aliphatic carbocycles. The summed E-state index contributed by atoms with van der Waals surface area (Å²) in [7, 11) is -3.36. The Morgan fingerprint density at radius 2 is 0.897 bits per heavy atom. The van der Waals surface area contributed by atoms with Gasteiger partial charge in [-0.3, -0.25) is 0 Å². The van der Waals surface area contributed by atoms with E-state index in [1.54, 1.807) is 0 Å². The van der Waals surface area contributed by atoms with Crippen LogP contribution >= 0.6 is 0 Å². The van der Waals surface area contributed by atoms with E-state index in [0.29, 0.717) is 0 Å². The third kappa shape index (κ3) is 16.6. The number of rotatable bonds is 23. The van der Waals surface area contributed by atoms with E-state index in [0.717, 1.165) is 103 Å². The average Bonchev–Trinajstić information content (AvgIpc) is 2.72. The van der Waals surface area contributed by atoms with Gasteiger partial charge < -0.3 is 22.8 Å². The number of unbranched alkanes of at least 4 members (excludes halogenated alkanes) is 5. The van der Waals surface area contributed by atoms with E-state index in [-0.39, 0.29) is 5.91 Å². The number of hydrogen-bond donors (Lipinski definition) is 0. The van der Waals surface area contributed by atoms with Gasteiger partial charge in [0.1, 0.15) is 5.91 Å². The van der Waals surface area contributed by atoms with Gasteiger partial charge in [0, 0.05) is 38.7 Å². The zero-order valence-electron chi connectivity index (χ0n) is 20.1. The summed E-state index contributed by atoms with van der Waals surface area (Å²) in [5, 5.41) is 0. The molecule has 0 aromatic heterocycles. The summed E-state index contributed by atoms with van der Waals surface area (Å²) >= 11 is 0. The van der Waals surface area contributed by atoms with Crippen LogP contribution in [0.3, 0.4) is 0 Å². The maximum absolute atomic E-state index is 6.38. The van der Waals surface area contributed by atoms with Gasteiger partial charge in [-0.15, -0.1) is 0 Å². The third-order valence-corrected chi connectivity index (χ3v) is 11.2. The van der Waals surface area contributed by atoms with Crippen LogP contribution in [0, 0.1) is 0 Å². The normalized spacial score (nSPS) is 12.6. The fraction of sp³-hybridized carbons (Fsp3) is 1.00. The quantitative estimate of drug-likeness (QED) is 0.118. The van der Waals surface area contributed by atoms with Crippen LogP contribution in [0.15, 0.2) is 0 Å². The summed E-state index contributed by atoms with van der Waals surface area (Å²) in [6, 6.07) is 0. The molecule has 7 heteroatoms. The summed E-state index contributed by atoms with van der Waals surface area (Å²) in [4.78, 5) is 0. The molecular weight excluding hydrogens is 400 g/mol. The number of hydrogen-bond acceptors (Lipinski definition) is 5. The topological polar surface area (TPSA) is 46.2 Å². The molecule has 0 N–H and O–H groups in total. The molecule has 0 aromatic rings. The van der Waals surface area contributed by atoms with Crippen molar-refractivity contribution >= 4 is 18.3 Å². The highest BCUT2D eigenvalue weighted by atomic mass is 28.4. The van der Waals surface area contributed by atoms with Crippen molar-refractivity contribution in [3.63, 3.8) is 0 Å². The zero-order valence-corrected chi connectivity index (χ0v) is 22.6. The smallest absolute Gasteiger partial charge is 0.374 e. The third-order valence-electron chi connectivity index (χ3n) is 4.75. The largest absolute Gasteiger partial charge is 0.497 e. The van der Waals surface area contributed by atoms with Gasteiger partial charge in [0.25, 0.3) is 0 Å². The molecule has 5 nitrogen and oxygen atoms in total. The minimum atomic E-state index is -2.66. The minimum absolute atomic E-state index is 0.0562. The number of ether oxygens (including phenoxy) is 2. The van der Waals surface area contributed by atoms with Gasteiger partial charge in [0.15, 0.2) is 0 Å². The molecule has 0 unspecified atom stereocenters. The Morgan fingerprint density at radius 3 is 1.24 bits per heavy atom. The van der Waals surface area contributed by atoms with Crippen LogP contribution in [0.25, 0.3) is 0 Å². The van der Waals surface area contributed by atoms with E-state index in [2.05, 4.69) is 34.6 Å². The van der Waals surface area contributed by atoms with Crippen molar-refractivity contribution in [1.82, 2.24) is 0 Å². The zero-order chi connectivity index (χ0) is 21.6.